The number of halogens is 1. The second-order valence-corrected chi connectivity index (χ2v) is 4.76. The lowest BCUT2D eigenvalue weighted by Gasteiger charge is -2.26. The van der Waals surface area contributed by atoms with Crippen molar-refractivity contribution in [3.63, 3.8) is 0 Å². The van der Waals surface area contributed by atoms with Crippen LogP contribution in [0.4, 0.5) is 11.4 Å². The molecular formula is C12H15ClN2O3. The fraction of sp³-hybridized carbons (Fsp3) is 0.417. The van der Waals surface area contributed by atoms with E-state index < -0.39 is 5.97 Å². The number of anilines is 2. The highest BCUT2D eigenvalue weighted by Gasteiger charge is 2.32. The van der Waals surface area contributed by atoms with E-state index in [2.05, 4.69) is 0 Å². The van der Waals surface area contributed by atoms with Gasteiger partial charge in [-0.2, -0.15) is 0 Å². The average molecular weight is 271 g/mol. The van der Waals surface area contributed by atoms with Crippen LogP contribution in [0.15, 0.2) is 12.1 Å². The minimum atomic E-state index is -1.07. The predicted molar refractivity (Wildman–Crippen MR) is 70.3 cm³/mol. The highest BCUT2D eigenvalue weighted by Crippen LogP contribution is 2.39. The van der Waals surface area contributed by atoms with Gasteiger partial charge in [0.05, 0.1) is 22.9 Å². The number of carboxylic acids is 1. The third-order valence-electron chi connectivity index (χ3n) is 2.93. The second-order valence-electron chi connectivity index (χ2n) is 4.35. The van der Waals surface area contributed by atoms with Crippen LogP contribution >= 0.6 is 11.6 Å². The molecule has 18 heavy (non-hydrogen) atoms. The molecule has 1 saturated carbocycles. The number of hydrogen-bond acceptors (Lipinski definition) is 4. The topological polar surface area (TPSA) is 86.8 Å². The van der Waals surface area contributed by atoms with E-state index in [-0.39, 0.29) is 18.2 Å². The van der Waals surface area contributed by atoms with Crippen molar-refractivity contribution in [1.82, 2.24) is 0 Å². The van der Waals surface area contributed by atoms with Crippen LogP contribution in [0.5, 0.6) is 0 Å². The van der Waals surface area contributed by atoms with E-state index in [1.807, 2.05) is 4.90 Å². The Morgan fingerprint density at radius 2 is 2.17 bits per heavy atom. The summed E-state index contributed by atoms with van der Waals surface area (Å²) >= 11 is 6.11. The predicted octanol–water partition coefficient (Wildman–Crippen LogP) is 1.58. The van der Waals surface area contributed by atoms with Crippen LogP contribution < -0.4 is 10.6 Å². The normalized spacial score (nSPS) is 14.6. The first kappa shape index (κ1) is 13.0. The van der Waals surface area contributed by atoms with E-state index in [9.17, 15) is 9.90 Å². The lowest BCUT2D eigenvalue weighted by atomic mass is 10.1. The van der Waals surface area contributed by atoms with Crippen molar-refractivity contribution in [2.45, 2.75) is 18.9 Å². The van der Waals surface area contributed by atoms with E-state index >= 15 is 0 Å². The molecule has 0 bridgehead atoms. The van der Waals surface area contributed by atoms with Crippen LogP contribution in [0.1, 0.15) is 23.2 Å². The summed E-state index contributed by atoms with van der Waals surface area (Å²) in [6, 6.07) is 3.20. The summed E-state index contributed by atoms with van der Waals surface area (Å²) in [6.07, 6.45) is 1.97. The van der Waals surface area contributed by atoms with E-state index in [0.717, 1.165) is 12.8 Å². The van der Waals surface area contributed by atoms with Crippen molar-refractivity contribution < 1.29 is 15.0 Å². The number of benzene rings is 1. The van der Waals surface area contributed by atoms with Crippen molar-refractivity contribution >= 4 is 28.9 Å². The van der Waals surface area contributed by atoms with Gasteiger partial charge in [-0.3, -0.25) is 0 Å². The number of carbonyl (C=O) groups is 1. The average Bonchev–Trinajstić information content (AvgIpc) is 3.09. The molecule has 0 spiro atoms. The minimum Gasteiger partial charge on any atom is -0.478 e. The summed E-state index contributed by atoms with van der Waals surface area (Å²) < 4.78 is 0. The van der Waals surface area contributed by atoms with Gasteiger partial charge in [-0.25, -0.2) is 4.79 Å². The molecular weight excluding hydrogens is 256 g/mol. The molecule has 0 saturated heterocycles. The Morgan fingerprint density at radius 1 is 1.50 bits per heavy atom. The summed E-state index contributed by atoms with van der Waals surface area (Å²) in [6.45, 7) is 0.324. The highest BCUT2D eigenvalue weighted by atomic mass is 35.5. The quantitative estimate of drug-likeness (QED) is 0.707. The number of rotatable bonds is 5. The third-order valence-corrected chi connectivity index (χ3v) is 3.22. The summed E-state index contributed by atoms with van der Waals surface area (Å²) in [7, 11) is 0. The minimum absolute atomic E-state index is 0.0454. The van der Waals surface area contributed by atoms with Crippen molar-refractivity contribution in [1.29, 1.82) is 0 Å². The molecule has 0 aliphatic heterocycles. The Kier molecular flexibility index (Phi) is 3.63. The zero-order chi connectivity index (χ0) is 13.3. The van der Waals surface area contributed by atoms with Gasteiger partial charge in [0, 0.05) is 18.3 Å². The van der Waals surface area contributed by atoms with Crippen molar-refractivity contribution in [2.75, 3.05) is 23.8 Å². The molecule has 2 rings (SSSR count). The Bertz CT molecular complexity index is 475. The molecule has 5 nitrogen and oxygen atoms in total. The number of aliphatic hydroxyl groups is 1. The summed E-state index contributed by atoms with van der Waals surface area (Å²) in [5.41, 5.74) is 6.47. The van der Waals surface area contributed by atoms with Crippen LogP contribution in [0, 0.1) is 0 Å². The van der Waals surface area contributed by atoms with Gasteiger partial charge in [-0.1, -0.05) is 11.6 Å². The molecule has 0 atom stereocenters. The molecule has 1 aromatic rings. The molecule has 0 aromatic heterocycles. The van der Waals surface area contributed by atoms with Crippen LogP contribution in [-0.2, 0) is 0 Å². The number of aromatic carboxylic acids is 1. The van der Waals surface area contributed by atoms with Crippen LogP contribution in [0.25, 0.3) is 0 Å². The number of hydrogen-bond donors (Lipinski definition) is 3. The maximum Gasteiger partial charge on any atom is 0.337 e. The molecule has 1 aliphatic rings. The molecule has 1 aliphatic carbocycles. The van der Waals surface area contributed by atoms with Crippen molar-refractivity contribution in [3.05, 3.63) is 22.7 Å². The Morgan fingerprint density at radius 3 is 2.67 bits per heavy atom. The van der Waals surface area contributed by atoms with Gasteiger partial charge in [-0.05, 0) is 25.0 Å². The number of nitrogens with zero attached hydrogens (tertiary/aromatic N) is 1. The third kappa shape index (κ3) is 2.52. The van der Waals surface area contributed by atoms with Crippen LogP contribution in [0.2, 0.25) is 5.02 Å². The highest BCUT2D eigenvalue weighted by molar-refractivity contribution is 6.34. The van der Waals surface area contributed by atoms with Gasteiger partial charge in [0.15, 0.2) is 0 Å². The van der Waals surface area contributed by atoms with Crippen LogP contribution in [0.3, 0.4) is 0 Å². The van der Waals surface area contributed by atoms with Gasteiger partial charge in [-0.15, -0.1) is 0 Å². The molecule has 0 radical (unpaired) electrons. The maximum atomic E-state index is 11.3. The largest absolute Gasteiger partial charge is 0.478 e. The lowest BCUT2D eigenvalue weighted by molar-refractivity contribution is 0.0697. The summed E-state index contributed by atoms with van der Waals surface area (Å²) in [5.74, 6) is -1.07. The van der Waals surface area contributed by atoms with E-state index in [4.69, 9.17) is 22.4 Å². The summed E-state index contributed by atoms with van der Waals surface area (Å²) in [4.78, 5) is 13.1. The van der Waals surface area contributed by atoms with Gasteiger partial charge in [0.2, 0.25) is 0 Å². The smallest absolute Gasteiger partial charge is 0.337 e. The van der Waals surface area contributed by atoms with Gasteiger partial charge < -0.3 is 20.8 Å². The molecule has 4 N–H and O–H groups in total. The molecule has 1 aromatic carbocycles. The summed E-state index contributed by atoms with van der Waals surface area (Å²) in [5, 5.41) is 18.6. The van der Waals surface area contributed by atoms with E-state index in [1.165, 1.54) is 12.1 Å². The number of nitrogen functional groups attached to an aromatic ring is 1. The van der Waals surface area contributed by atoms with Crippen molar-refractivity contribution in [2.24, 2.45) is 0 Å². The molecule has 0 unspecified atom stereocenters. The first-order valence-corrected chi connectivity index (χ1v) is 6.12. The second kappa shape index (κ2) is 5.04. The number of aliphatic hydroxyl groups excluding tert-OH is 1. The number of nitrogens with two attached hydrogens (primary N) is 1. The zero-order valence-corrected chi connectivity index (χ0v) is 10.5. The first-order chi connectivity index (χ1) is 8.54. The molecule has 98 valence electrons. The Balaban J connectivity index is 2.49. The van der Waals surface area contributed by atoms with Gasteiger partial charge in [0.1, 0.15) is 0 Å². The fourth-order valence-electron chi connectivity index (χ4n) is 2.05. The molecule has 6 heteroatoms. The monoisotopic (exact) mass is 270 g/mol. The SMILES string of the molecule is Nc1cc(Cl)c(N(CCO)C2CC2)c(C(=O)O)c1. The number of carboxylic acid groups (broad SMARTS) is 1. The van der Waals surface area contributed by atoms with E-state index in [0.29, 0.717) is 22.9 Å². The van der Waals surface area contributed by atoms with Crippen LogP contribution in [-0.4, -0.2) is 35.4 Å². The van der Waals surface area contributed by atoms with Crippen molar-refractivity contribution in [3.8, 4) is 0 Å². The Labute approximate surface area is 110 Å². The standard InChI is InChI=1S/C12H15ClN2O3/c13-10-6-7(14)5-9(12(17)18)11(10)15(3-4-16)8-1-2-8/h5-6,8,16H,1-4,14H2,(H,17,18). The molecule has 1 fully saturated rings. The van der Waals surface area contributed by atoms with Gasteiger partial charge in [0.25, 0.3) is 0 Å². The lowest BCUT2D eigenvalue weighted by Crippen LogP contribution is -2.30. The first-order valence-electron chi connectivity index (χ1n) is 5.74. The Hall–Kier alpha value is -1.46. The zero-order valence-electron chi connectivity index (χ0n) is 9.77. The molecule has 0 heterocycles. The van der Waals surface area contributed by atoms with Gasteiger partial charge >= 0.3 is 5.97 Å². The maximum absolute atomic E-state index is 11.3. The van der Waals surface area contributed by atoms with E-state index in [1.54, 1.807) is 0 Å². The molecule has 0 amide bonds. The fourth-order valence-corrected chi connectivity index (χ4v) is 2.38.